The topological polar surface area (TPSA) is 121 Å². The molecule has 1 aliphatic carbocycles. The number of allylic oxidation sites excluding steroid dienone is 3. The zero-order valence-electron chi connectivity index (χ0n) is 17.0. The molecule has 8 nitrogen and oxygen atoms in total. The highest BCUT2D eigenvalue weighted by Gasteiger charge is 2.44. The standard InChI is InChI=1S/C23H18N2O6/c1-28-15-8-11(9-16(29-2)21(15)30-3)17-14(10-24)23(25)31-22-18(17)19(26)12-6-4-5-7-13(12)20(22)27/h4-9,17H,25H2,1-3H3/t17-/m1/s1. The Morgan fingerprint density at radius 1 is 0.968 bits per heavy atom. The summed E-state index contributed by atoms with van der Waals surface area (Å²) in [5.41, 5.74) is 6.98. The van der Waals surface area contributed by atoms with E-state index in [1.165, 1.54) is 21.3 Å². The molecule has 2 aromatic carbocycles. The number of hydrogen-bond donors (Lipinski definition) is 1. The SMILES string of the molecule is COc1cc([C@@H]2C(C#N)=C(N)OC3=C2C(=O)c2ccccc2C3=O)cc(OC)c1OC. The fourth-order valence-electron chi connectivity index (χ4n) is 3.91. The van der Waals surface area contributed by atoms with Gasteiger partial charge in [0.25, 0.3) is 0 Å². The van der Waals surface area contributed by atoms with Crippen LogP contribution in [-0.2, 0) is 4.74 Å². The Morgan fingerprint density at radius 2 is 1.55 bits per heavy atom. The van der Waals surface area contributed by atoms with Crippen molar-refractivity contribution in [2.45, 2.75) is 5.92 Å². The fourth-order valence-corrected chi connectivity index (χ4v) is 3.91. The predicted octanol–water partition coefficient (Wildman–Crippen LogP) is 2.85. The minimum Gasteiger partial charge on any atom is -0.493 e. The zero-order valence-corrected chi connectivity index (χ0v) is 17.0. The van der Waals surface area contributed by atoms with Gasteiger partial charge in [-0.2, -0.15) is 5.26 Å². The van der Waals surface area contributed by atoms with Gasteiger partial charge in [0.05, 0.1) is 32.8 Å². The molecule has 0 aromatic heterocycles. The molecule has 0 spiro atoms. The van der Waals surface area contributed by atoms with E-state index in [2.05, 4.69) is 0 Å². The first-order valence-electron chi connectivity index (χ1n) is 9.26. The van der Waals surface area contributed by atoms with Gasteiger partial charge in [0.1, 0.15) is 11.6 Å². The maximum absolute atomic E-state index is 13.4. The number of carbonyl (C=O) groups excluding carboxylic acids is 2. The molecule has 0 bridgehead atoms. The lowest BCUT2D eigenvalue weighted by atomic mass is 9.75. The third-order valence-corrected chi connectivity index (χ3v) is 5.31. The minimum absolute atomic E-state index is 0.00792. The highest BCUT2D eigenvalue weighted by atomic mass is 16.5. The summed E-state index contributed by atoms with van der Waals surface area (Å²) in [4.78, 5) is 26.5. The zero-order chi connectivity index (χ0) is 22.3. The summed E-state index contributed by atoms with van der Waals surface area (Å²) >= 11 is 0. The first-order chi connectivity index (χ1) is 15.0. The summed E-state index contributed by atoms with van der Waals surface area (Å²) in [5, 5.41) is 9.81. The fraction of sp³-hybridized carbons (Fsp3) is 0.174. The molecule has 1 aliphatic heterocycles. The Kier molecular flexibility index (Phi) is 4.87. The number of Topliss-reactive ketones (excluding diaryl/α,β-unsaturated/α-hetero) is 2. The summed E-state index contributed by atoms with van der Waals surface area (Å²) in [6, 6.07) is 11.7. The van der Waals surface area contributed by atoms with Crippen molar-refractivity contribution in [1.29, 1.82) is 5.26 Å². The van der Waals surface area contributed by atoms with E-state index in [1.54, 1.807) is 36.4 Å². The molecule has 2 N–H and O–H groups in total. The number of nitrogens with zero attached hydrogens (tertiary/aromatic N) is 1. The normalized spacial score (nSPS) is 17.4. The van der Waals surface area contributed by atoms with Crippen LogP contribution in [-0.4, -0.2) is 32.9 Å². The molecule has 0 amide bonds. The molecule has 0 fully saturated rings. The van der Waals surface area contributed by atoms with Crippen LogP contribution in [0.4, 0.5) is 0 Å². The molecule has 31 heavy (non-hydrogen) atoms. The van der Waals surface area contributed by atoms with Crippen LogP contribution < -0.4 is 19.9 Å². The average molecular weight is 418 g/mol. The van der Waals surface area contributed by atoms with Gasteiger partial charge in [-0.15, -0.1) is 0 Å². The summed E-state index contributed by atoms with van der Waals surface area (Å²) < 4.78 is 21.7. The van der Waals surface area contributed by atoms with Crippen LogP contribution in [0.25, 0.3) is 0 Å². The molecule has 1 atom stereocenters. The lowest BCUT2D eigenvalue weighted by molar-refractivity contribution is 0.0897. The third-order valence-electron chi connectivity index (χ3n) is 5.31. The lowest BCUT2D eigenvalue weighted by Gasteiger charge is -2.31. The van der Waals surface area contributed by atoms with Crippen molar-refractivity contribution in [3.63, 3.8) is 0 Å². The van der Waals surface area contributed by atoms with Crippen molar-refractivity contribution >= 4 is 11.6 Å². The van der Waals surface area contributed by atoms with Crippen molar-refractivity contribution in [2.75, 3.05) is 21.3 Å². The molecule has 156 valence electrons. The average Bonchev–Trinajstić information content (AvgIpc) is 2.80. The van der Waals surface area contributed by atoms with Gasteiger partial charge >= 0.3 is 0 Å². The molecule has 0 saturated heterocycles. The minimum atomic E-state index is -0.952. The Bertz CT molecular complexity index is 1210. The summed E-state index contributed by atoms with van der Waals surface area (Å²) in [5.74, 6) is -1.24. The number of nitriles is 1. The van der Waals surface area contributed by atoms with E-state index in [-0.39, 0.29) is 33.9 Å². The number of nitrogens with two attached hydrogens (primary N) is 1. The number of ether oxygens (including phenoxy) is 4. The Balaban J connectivity index is 2.00. The number of hydrogen-bond acceptors (Lipinski definition) is 8. The molecule has 0 radical (unpaired) electrons. The first-order valence-corrected chi connectivity index (χ1v) is 9.26. The molecule has 4 rings (SSSR count). The maximum atomic E-state index is 13.4. The van der Waals surface area contributed by atoms with Crippen LogP contribution in [0.15, 0.2) is 59.2 Å². The van der Waals surface area contributed by atoms with E-state index >= 15 is 0 Å². The molecule has 0 unspecified atom stereocenters. The Morgan fingerprint density at radius 3 is 2.06 bits per heavy atom. The van der Waals surface area contributed by atoms with Crippen LogP contribution in [0.3, 0.4) is 0 Å². The van der Waals surface area contributed by atoms with Crippen molar-refractivity contribution in [3.8, 4) is 23.3 Å². The van der Waals surface area contributed by atoms with Gasteiger partial charge in [0.2, 0.25) is 17.4 Å². The van der Waals surface area contributed by atoms with Gasteiger partial charge < -0.3 is 24.7 Å². The number of methoxy groups -OCH3 is 3. The number of carbonyl (C=O) groups is 2. The number of fused-ring (bicyclic) bond motifs is 1. The molecule has 8 heteroatoms. The van der Waals surface area contributed by atoms with Gasteiger partial charge in [-0.05, 0) is 17.7 Å². The van der Waals surface area contributed by atoms with E-state index < -0.39 is 17.5 Å². The second-order valence-electron chi connectivity index (χ2n) is 6.83. The summed E-state index contributed by atoms with van der Waals surface area (Å²) in [7, 11) is 4.38. The van der Waals surface area contributed by atoms with Crippen molar-refractivity contribution in [1.82, 2.24) is 0 Å². The highest BCUT2D eigenvalue weighted by molar-refractivity contribution is 6.27. The molecule has 0 saturated carbocycles. The van der Waals surface area contributed by atoms with Crippen molar-refractivity contribution in [3.05, 3.63) is 75.9 Å². The second kappa shape index (κ2) is 7.54. The van der Waals surface area contributed by atoms with Gasteiger partial charge in [0, 0.05) is 11.1 Å². The lowest BCUT2D eigenvalue weighted by Crippen LogP contribution is -2.32. The second-order valence-corrected chi connectivity index (χ2v) is 6.83. The summed E-state index contributed by atoms with van der Waals surface area (Å²) in [6.45, 7) is 0. The van der Waals surface area contributed by atoms with Gasteiger partial charge in [-0.25, -0.2) is 0 Å². The van der Waals surface area contributed by atoms with E-state index in [0.717, 1.165) is 0 Å². The monoisotopic (exact) mass is 418 g/mol. The van der Waals surface area contributed by atoms with E-state index in [9.17, 15) is 14.9 Å². The first kappa shape index (κ1) is 20.0. The van der Waals surface area contributed by atoms with E-state index in [0.29, 0.717) is 22.8 Å². The maximum Gasteiger partial charge on any atom is 0.229 e. The molecule has 1 heterocycles. The van der Waals surface area contributed by atoms with E-state index in [4.69, 9.17) is 24.7 Å². The number of ketones is 2. The van der Waals surface area contributed by atoms with Crippen LogP contribution in [0.5, 0.6) is 17.2 Å². The van der Waals surface area contributed by atoms with E-state index in [1.807, 2.05) is 6.07 Å². The largest absolute Gasteiger partial charge is 0.493 e. The smallest absolute Gasteiger partial charge is 0.229 e. The Hall–Kier alpha value is -4.25. The number of benzene rings is 2. The van der Waals surface area contributed by atoms with Crippen LogP contribution in [0, 0.1) is 11.3 Å². The van der Waals surface area contributed by atoms with Crippen LogP contribution >= 0.6 is 0 Å². The van der Waals surface area contributed by atoms with Gasteiger partial charge in [-0.1, -0.05) is 24.3 Å². The molecule has 2 aliphatic rings. The van der Waals surface area contributed by atoms with Crippen molar-refractivity contribution < 1.29 is 28.5 Å². The molecular weight excluding hydrogens is 400 g/mol. The van der Waals surface area contributed by atoms with Crippen LogP contribution in [0.2, 0.25) is 0 Å². The van der Waals surface area contributed by atoms with Gasteiger partial charge in [-0.3, -0.25) is 9.59 Å². The van der Waals surface area contributed by atoms with Crippen molar-refractivity contribution in [2.24, 2.45) is 5.73 Å². The summed E-state index contributed by atoms with van der Waals surface area (Å²) in [6.07, 6.45) is 0. The Labute approximate surface area is 178 Å². The number of rotatable bonds is 4. The predicted molar refractivity (Wildman–Crippen MR) is 109 cm³/mol. The van der Waals surface area contributed by atoms with Crippen LogP contribution in [0.1, 0.15) is 32.2 Å². The molecule has 2 aromatic rings. The molecular formula is C23H18N2O6. The third kappa shape index (κ3) is 2.90. The quantitative estimate of drug-likeness (QED) is 0.805. The van der Waals surface area contributed by atoms with Gasteiger partial charge in [0.15, 0.2) is 23.0 Å². The highest BCUT2D eigenvalue weighted by Crippen LogP contribution is 2.48.